The van der Waals surface area contributed by atoms with E-state index in [1.165, 1.54) is 0 Å². The van der Waals surface area contributed by atoms with E-state index < -0.39 is 0 Å². The maximum Gasteiger partial charge on any atom is 0.220 e. The number of nitrogens with one attached hydrogen (secondary N) is 1. The van der Waals surface area contributed by atoms with Crippen LogP contribution in [0, 0.1) is 0 Å². The average molecular weight is 276 g/mol. The zero-order chi connectivity index (χ0) is 14.4. The van der Waals surface area contributed by atoms with E-state index in [9.17, 15) is 4.79 Å². The van der Waals surface area contributed by atoms with E-state index in [1.54, 1.807) is 0 Å². The smallest absolute Gasteiger partial charge is 0.220 e. The zero-order valence-corrected chi connectivity index (χ0v) is 12.0. The van der Waals surface area contributed by atoms with E-state index in [2.05, 4.69) is 12.2 Å². The first kappa shape index (κ1) is 15.0. The number of carbonyl (C=O) groups is 1. The second-order valence-corrected chi connectivity index (χ2v) is 5.51. The molecule has 0 saturated carbocycles. The van der Waals surface area contributed by atoms with Gasteiger partial charge < -0.3 is 15.8 Å². The number of ether oxygens (including phenoxy) is 1. The summed E-state index contributed by atoms with van der Waals surface area (Å²) in [5, 5.41) is 2.90. The van der Waals surface area contributed by atoms with Crippen molar-refractivity contribution in [2.24, 2.45) is 5.73 Å². The van der Waals surface area contributed by atoms with Crippen LogP contribution < -0.4 is 11.1 Å². The van der Waals surface area contributed by atoms with Gasteiger partial charge in [-0.05, 0) is 31.7 Å². The molecule has 1 aromatic carbocycles. The predicted molar refractivity (Wildman–Crippen MR) is 79.2 cm³/mol. The Hall–Kier alpha value is -1.39. The van der Waals surface area contributed by atoms with E-state index in [-0.39, 0.29) is 18.1 Å². The van der Waals surface area contributed by atoms with Gasteiger partial charge in [0, 0.05) is 19.0 Å². The Balaban J connectivity index is 1.65. The number of rotatable bonds is 6. The van der Waals surface area contributed by atoms with E-state index in [0.717, 1.165) is 24.8 Å². The van der Waals surface area contributed by atoms with Gasteiger partial charge in [0.25, 0.3) is 0 Å². The van der Waals surface area contributed by atoms with Gasteiger partial charge in [-0.25, -0.2) is 0 Å². The molecule has 3 atom stereocenters. The molecule has 1 saturated heterocycles. The van der Waals surface area contributed by atoms with E-state index in [1.807, 2.05) is 30.3 Å². The highest BCUT2D eigenvalue weighted by Crippen LogP contribution is 2.22. The number of hydrogen-bond donors (Lipinski definition) is 2. The molecule has 20 heavy (non-hydrogen) atoms. The van der Waals surface area contributed by atoms with Crippen molar-refractivity contribution in [1.82, 2.24) is 5.32 Å². The summed E-state index contributed by atoms with van der Waals surface area (Å²) >= 11 is 0. The fourth-order valence-corrected chi connectivity index (χ4v) is 2.52. The monoisotopic (exact) mass is 276 g/mol. The van der Waals surface area contributed by atoms with Gasteiger partial charge in [-0.15, -0.1) is 0 Å². The molecule has 1 fully saturated rings. The van der Waals surface area contributed by atoms with Crippen LogP contribution in [0.3, 0.4) is 0 Å². The van der Waals surface area contributed by atoms with Crippen molar-refractivity contribution in [2.75, 3.05) is 6.54 Å². The molecular weight excluding hydrogens is 252 g/mol. The van der Waals surface area contributed by atoms with Crippen LogP contribution >= 0.6 is 0 Å². The van der Waals surface area contributed by atoms with Crippen LogP contribution in [0.5, 0.6) is 0 Å². The molecule has 1 heterocycles. The number of amides is 1. The number of benzene rings is 1. The zero-order valence-electron chi connectivity index (χ0n) is 12.0. The molecule has 1 amide bonds. The summed E-state index contributed by atoms with van der Waals surface area (Å²) in [6.07, 6.45) is 4.08. The summed E-state index contributed by atoms with van der Waals surface area (Å²) in [4.78, 5) is 11.8. The van der Waals surface area contributed by atoms with Gasteiger partial charge in [-0.1, -0.05) is 30.3 Å². The SMILES string of the molecule is CC1CCC(CCC(=O)NCC(N)c2ccccc2)O1. The van der Waals surface area contributed by atoms with E-state index in [0.29, 0.717) is 19.1 Å². The second kappa shape index (κ2) is 7.41. The average Bonchev–Trinajstić information content (AvgIpc) is 2.89. The molecule has 3 N–H and O–H groups in total. The molecule has 2 rings (SSSR count). The quantitative estimate of drug-likeness (QED) is 0.836. The molecular formula is C16H24N2O2. The van der Waals surface area contributed by atoms with Crippen molar-refractivity contribution in [2.45, 2.75) is 50.9 Å². The van der Waals surface area contributed by atoms with Gasteiger partial charge >= 0.3 is 0 Å². The Bertz CT molecular complexity index is 422. The lowest BCUT2D eigenvalue weighted by Gasteiger charge is -2.14. The van der Waals surface area contributed by atoms with Crippen LogP contribution in [0.25, 0.3) is 0 Å². The molecule has 3 unspecified atom stereocenters. The van der Waals surface area contributed by atoms with Crippen LogP contribution in [0.1, 0.15) is 44.2 Å². The largest absolute Gasteiger partial charge is 0.375 e. The third-order valence-electron chi connectivity index (χ3n) is 3.76. The maximum atomic E-state index is 11.8. The van der Waals surface area contributed by atoms with Gasteiger partial charge in [0.05, 0.1) is 12.2 Å². The summed E-state index contributed by atoms with van der Waals surface area (Å²) in [6, 6.07) is 9.67. The van der Waals surface area contributed by atoms with E-state index >= 15 is 0 Å². The van der Waals surface area contributed by atoms with Crippen molar-refractivity contribution < 1.29 is 9.53 Å². The van der Waals surface area contributed by atoms with Crippen LogP contribution in [-0.2, 0) is 9.53 Å². The minimum atomic E-state index is -0.150. The van der Waals surface area contributed by atoms with Crippen molar-refractivity contribution in [3.05, 3.63) is 35.9 Å². The first-order valence-corrected chi connectivity index (χ1v) is 7.38. The molecule has 1 aliphatic rings. The molecule has 0 aromatic heterocycles. The van der Waals surface area contributed by atoms with Gasteiger partial charge in [0.2, 0.25) is 5.91 Å². The molecule has 0 aliphatic carbocycles. The summed E-state index contributed by atoms with van der Waals surface area (Å²) in [5.74, 6) is 0.0551. The normalized spacial score (nSPS) is 23.5. The molecule has 110 valence electrons. The van der Waals surface area contributed by atoms with Gasteiger partial charge in [0.1, 0.15) is 0 Å². The minimum absolute atomic E-state index is 0.0551. The molecule has 0 spiro atoms. The summed E-state index contributed by atoms with van der Waals surface area (Å²) in [5.41, 5.74) is 7.08. The van der Waals surface area contributed by atoms with Crippen LogP contribution in [-0.4, -0.2) is 24.7 Å². The molecule has 4 heteroatoms. The fraction of sp³-hybridized carbons (Fsp3) is 0.562. The van der Waals surface area contributed by atoms with Crippen molar-refractivity contribution in [3.8, 4) is 0 Å². The molecule has 1 aliphatic heterocycles. The third kappa shape index (κ3) is 4.62. The number of hydrogen-bond acceptors (Lipinski definition) is 3. The Morgan fingerprint density at radius 3 is 2.80 bits per heavy atom. The second-order valence-electron chi connectivity index (χ2n) is 5.51. The lowest BCUT2D eigenvalue weighted by molar-refractivity contribution is -0.121. The molecule has 0 bridgehead atoms. The summed E-state index contributed by atoms with van der Waals surface area (Å²) in [6.45, 7) is 2.56. The third-order valence-corrected chi connectivity index (χ3v) is 3.76. The minimum Gasteiger partial charge on any atom is -0.375 e. The summed E-state index contributed by atoms with van der Waals surface area (Å²) < 4.78 is 5.70. The Labute approximate surface area is 120 Å². The Kier molecular flexibility index (Phi) is 5.56. The van der Waals surface area contributed by atoms with E-state index in [4.69, 9.17) is 10.5 Å². The summed E-state index contributed by atoms with van der Waals surface area (Å²) in [7, 11) is 0. The highest BCUT2D eigenvalue weighted by molar-refractivity contribution is 5.75. The van der Waals surface area contributed by atoms with Crippen LogP contribution in [0.4, 0.5) is 0 Å². The van der Waals surface area contributed by atoms with Crippen molar-refractivity contribution >= 4 is 5.91 Å². The maximum absolute atomic E-state index is 11.8. The predicted octanol–water partition coefficient (Wildman–Crippen LogP) is 2.15. The highest BCUT2D eigenvalue weighted by atomic mass is 16.5. The topological polar surface area (TPSA) is 64.4 Å². The first-order valence-electron chi connectivity index (χ1n) is 7.38. The number of carbonyl (C=O) groups excluding carboxylic acids is 1. The molecule has 1 aromatic rings. The molecule has 0 radical (unpaired) electrons. The lowest BCUT2D eigenvalue weighted by atomic mass is 10.1. The number of nitrogens with two attached hydrogens (primary N) is 1. The Morgan fingerprint density at radius 1 is 1.40 bits per heavy atom. The first-order chi connectivity index (χ1) is 9.65. The lowest BCUT2D eigenvalue weighted by Crippen LogP contribution is -2.32. The fourth-order valence-electron chi connectivity index (χ4n) is 2.52. The van der Waals surface area contributed by atoms with Gasteiger partial charge in [-0.3, -0.25) is 4.79 Å². The van der Waals surface area contributed by atoms with Crippen LogP contribution in [0.2, 0.25) is 0 Å². The Morgan fingerprint density at radius 2 is 2.15 bits per heavy atom. The van der Waals surface area contributed by atoms with Gasteiger partial charge in [-0.2, -0.15) is 0 Å². The highest BCUT2D eigenvalue weighted by Gasteiger charge is 2.22. The van der Waals surface area contributed by atoms with Crippen LogP contribution in [0.15, 0.2) is 30.3 Å². The van der Waals surface area contributed by atoms with Crippen molar-refractivity contribution in [1.29, 1.82) is 0 Å². The van der Waals surface area contributed by atoms with Crippen molar-refractivity contribution in [3.63, 3.8) is 0 Å². The standard InChI is InChI=1S/C16H24N2O2/c1-12-7-8-14(20-12)9-10-16(19)18-11-15(17)13-5-3-2-4-6-13/h2-6,12,14-15H,7-11,17H2,1H3,(H,18,19). The molecule has 4 nitrogen and oxygen atoms in total. The van der Waals surface area contributed by atoms with Gasteiger partial charge in [0.15, 0.2) is 0 Å².